The van der Waals surface area contributed by atoms with Crippen LogP contribution in [0.25, 0.3) is 0 Å². The molecule has 1 fully saturated rings. The van der Waals surface area contributed by atoms with Crippen LogP contribution in [0.3, 0.4) is 0 Å². The van der Waals surface area contributed by atoms with E-state index in [0.29, 0.717) is 22.1 Å². The fourth-order valence-electron chi connectivity index (χ4n) is 5.71. The second kappa shape index (κ2) is 11.8. The van der Waals surface area contributed by atoms with Crippen molar-refractivity contribution in [2.45, 2.75) is 51.1 Å². The van der Waals surface area contributed by atoms with Gasteiger partial charge < -0.3 is 20.0 Å². The van der Waals surface area contributed by atoms with E-state index in [-0.39, 0.29) is 23.9 Å². The number of halogens is 1. The molecule has 1 saturated heterocycles. The summed E-state index contributed by atoms with van der Waals surface area (Å²) in [6.45, 7) is 3.64. The number of piperidine rings is 1. The van der Waals surface area contributed by atoms with Crippen LogP contribution in [-0.2, 0) is 6.42 Å². The molecule has 1 N–H and O–H groups in total. The molecule has 0 radical (unpaired) electrons. The van der Waals surface area contributed by atoms with Crippen molar-refractivity contribution < 1.29 is 9.59 Å². The molecule has 1 atom stereocenters. The Hall–Kier alpha value is -3.65. The Morgan fingerprint density at radius 1 is 1.00 bits per heavy atom. The first-order valence-electron chi connectivity index (χ1n) is 13.9. The first-order valence-corrected chi connectivity index (χ1v) is 14.3. The molecule has 2 aliphatic rings. The number of rotatable bonds is 6. The Bertz CT molecular complexity index is 1400. The van der Waals surface area contributed by atoms with Gasteiger partial charge in [-0.05, 0) is 74.4 Å². The summed E-state index contributed by atoms with van der Waals surface area (Å²) in [6.07, 6.45) is 4.48. The number of aromatic nitrogens is 2. The van der Waals surface area contributed by atoms with Crippen LogP contribution >= 0.6 is 11.6 Å². The molecule has 5 rings (SSSR count). The van der Waals surface area contributed by atoms with Crippen LogP contribution in [-0.4, -0.2) is 67.0 Å². The van der Waals surface area contributed by atoms with Gasteiger partial charge in [-0.1, -0.05) is 29.8 Å². The fraction of sp³-hybridized carbons (Fsp3) is 0.419. The molecular weight excluding hydrogens is 524 g/mol. The summed E-state index contributed by atoms with van der Waals surface area (Å²) in [6, 6.07) is 15.0. The minimum atomic E-state index is -0.194. The molecular formula is C31H37ClN6O2. The highest BCUT2D eigenvalue weighted by molar-refractivity contribution is 6.33. The second-order valence-corrected chi connectivity index (χ2v) is 11.4. The predicted octanol–water partition coefficient (Wildman–Crippen LogP) is 5.05. The molecule has 0 saturated carbocycles. The van der Waals surface area contributed by atoms with Crippen molar-refractivity contribution in [3.63, 3.8) is 0 Å². The van der Waals surface area contributed by atoms with Crippen LogP contribution in [0, 0.1) is 6.92 Å². The van der Waals surface area contributed by atoms with E-state index in [9.17, 15) is 9.59 Å². The number of nitrogens with zero attached hydrogens (tertiary/aromatic N) is 5. The molecule has 9 heteroatoms. The molecule has 8 nitrogen and oxygen atoms in total. The van der Waals surface area contributed by atoms with Crippen molar-refractivity contribution in [1.82, 2.24) is 20.2 Å². The predicted molar refractivity (Wildman–Crippen MR) is 159 cm³/mol. The van der Waals surface area contributed by atoms with Gasteiger partial charge in [-0.25, -0.2) is 4.98 Å². The summed E-state index contributed by atoms with van der Waals surface area (Å²) in [5, 5.41) is 3.59. The maximum atomic E-state index is 13.6. The summed E-state index contributed by atoms with van der Waals surface area (Å²) in [4.78, 5) is 41.9. The normalized spacial score (nSPS) is 17.2. The third-order valence-electron chi connectivity index (χ3n) is 8.02. The van der Waals surface area contributed by atoms with E-state index in [1.807, 2.05) is 74.3 Å². The summed E-state index contributed by atoms with van der Waals surface area (Å²) in [5.41, 5.74) is 4.27. The molecule has 2 aromatic carbocycles. The Labute approximate surface area is 241 Å². The van der Waals surface area contributed by atoms with Crippen LogP contribution < -0.4 is 15.1 Å². The Kier molecular flexibility index (Phi) is 8.26. The van der Waals surface area contributed by atoms with Crippen molar-refractivity contribution in [2.75, 3.05) is 44.0 Å². The van der Waals surface area contributed by atoms with Gasteiger partial charge in [0, 0.05) is 57.6 Å². The van der Waals surface area contributed by atoms with Crippen LogP contribution in [0.15, 0.2) is 48.5 Å². The average molecular weight is 561 g/mol. The third-order valence-corrected chi connectivity index (χ3v) is 8.35. The molecule has 1 aliphatic carbocycles. The molecule has 2 heterocycles. The van der Waals surface area contributed by atoms with E-state index in [2.05, 4.69) is 15.2 Å². The molecule has 1 unspecified atom stereocenters. The number of carbonyl (C=O) groups is 2. The monoisotopic (exact) mass is 560 g/mol. The zero-order chi connectivity index (χ0) is 28.4. The van der Waals surface area contributed by atoms with Gasteiger partial charge in [0.1, 0.15) is 5.82 Å². The fourth-order valence-corrected chi connectivity index (χ4v) is 5.94. The van der Waals surface area contributed by atoms with Crippen molar-refractivity contribution >= 4 is 35.2 Å². The lowest BCUT2D eigenvalue weighted by Crippen LogP contribution is -2.46. The summed E-state index contributed by atoms with van der Waals surface area (Å²) in [5.74, 6) is 1.46. The highest BCUT2D eigenvalue weighted by atomic mass is 35.5. The topological polar surface area (TPSA) is 81.7 Å². The maximum Gasteiger partial charge on any atom is 0.253 e. The quantitative estimate of drug-likeness (QED) is 0.454. The van der Waals surface area contributed by atoms with E-state index in [0.717, 1.165) is 62.3 Å². The number of aryl methyl sites for hydroxylation is 2. The van der Waals surface area contributed by atoms with Crippen molar-refractivity contribution in [3.8, 4) is 0 Å². The zero-order valence-corrected chi connectivity index (χ0v) is 24.4. The van der Waals surface area contributed by atoms with Gasteiger partial charge in [0.25, 0.3) is 11.8 Å². The highest BCUT2D eigenvalue weighted by Gasteiger charge is 2.29. The number of benzene rings is 2. The van der Waals surface area contributed by atoms with Crippen LogP contribution in [0.4, 0.5) is 11.8 Å². The number of hydrogen-bond donors (Lipinski definition) is 1. The maximum absolute atomic E-state index is 13.6. The minimum absolute atomic E-state index is 0.00998. The molecule has 0 spiro atoms. The molecule has 1 aromatic heterocycles. The van der Waals surface area contributed by atoms with Crippen LogP contribution in [0.5, 0.6) is 0 Å². The Morgan fingerprint density at radius 2 is 1.75 bits per heavy atom. The first-order chi connectivity index (χ1) is 19.2. The Balaban J connectivity index is 1.26. The summed E-state index contributed by atoms with van der Waals surface area (Å²) in [7, 11) is 5.79. The highest BCUT2D eigenvalue weighted by Crippen LogP contribution is 2.32. The summed E-state index contributed by atoms with van der Waals surface area (Å²) < 4.78 is 0. The van der Waals surface area contributed by atoms with Gasteiger partial charge in [-0.15, -0.1) is 0 Å². The van der Waals surface area contributed by atoms with E-state index in [4.69, 9.17) is 16.6 Å². The number of nitrogens with one attached hydrogen (secondary N) is 1. The lowest BCUT2D eigenvalue weighted by atomic mass is 9.86. The average Bonchev–Trinajstić information content (AvgIpc) is 2.96. The molecule has 1 aliphatic heterocycles. The second-order valence-electron chi connectivity index (χ2n) is 11.0. The van der Waals surface area contributed by atoms with Crippen molar-refractivity contribution in [2.24, 2.45) is 0 Å². The minimum Gasteiger partial charge on any atom is -0.356 e. The third kappa shape index (κ3) is 5.92. The van der Waals surface area contributed by atoms with E-state index >= 15 is 0 Å². The number of amides is 2. The number of fused-ring (bicyclic) bond motifs is 1. The van der Waals surface area contributed by atoms with Gasteiger partial charge in [-0.2, -0.15) is 4.98 Å². The van der Waals surface area contributed by atoms with E-state index in [1.165, 1.54) is 5.56 Å². The van der Waals surface area contributed by atoms with Gasteiger partial charge in [0.05, 0.1) is 16.6 Å². The molecule has 3 aromatic rings. The van der Waals surface area contributed by atoms with Gasteiger partial charge in [-0.3, -0.25) is 9.59 Å². The Morgan fingerprint density at radius 3 is 2.48 bits per heavy atom. The SMILES string of the molecule is Cc1cc(N2CCC(N(C)C(=O)c3ccc4c(c3)C(NC(=O)c3ccccc3Cl)CCC4)CC2)nc(N(C)C)n1. The van der Waals surface area contributed by atoms with E-state index in [1.54, 1.807) is 12.1 Å². The van der Waals surface area contributed by atoms with Crippen LogP contribution in [0.1, 0.15) is 69.3 Å². The lowest BCUT2D eigenvalue weighted by Gasteiger charge is -2.37. The number of carbonyl (C=O) groups excluding carboxylic acids is 2. The van der Waals surface area contributed by atoms with Gasteiger partial charge in [0.2, 0.25) is 5.95 Å². The standard InChI is InChI=1S/C31H37ClN6O2/c1-20-18-28(35-31(33-20)36(2)3)38-16-14-23(15-17-38)37(4)30(40)22-13-12-21-8-7-11-27(25(21)19-22)34-29(39)24-9-5-6-10-26(24)32/h5-6,9-10,12-13,18-19,23,27H,7-8,11,14-17H2,1-4H3,(H,34,39). The molecule has 40 heavy (non-hydrogen) atoms. The van der Waals surface area contributed by atoms with Gasteiger partial charge >= 0.3 is 0 Å². The zero-order valence-electron chi connectivity index (χ0n) is 23.7. The smallest absolute Gasteiger partial charge is 0.253 e. The van der Waals surface area contributed by atoms with Crippen LogP contribution in [0.2, 0.25) is 5.02 Å². The summed E-state index contributed by atoms with van der Waals surface area (Å²) >= 11 is 6.26. The van der Waals surface area contributed by atoms with E-state index < -0.39 is 0 Å². The molecule has 2 amide bonds. The first kappa shape index (κ1) is 27.9. The number of anilines is 2. The van der Waals surface area contributed by atoms with Crippen molar-refractivity contribution in [1.29, 1.82) is 0 Å². The van der Waals surface area contributed by atoms with Gasteiger partial charge in [0.15, 0.2) is 0 Å². The van der Waals surface area contributed by atoms with Crippen molar-refractivity contribution in [3.05, 3.63) is 81.5 Å². The molecule has 0 bridgehead atoms. The largest absolute Gasteiger partial charge is 0.356 e. The molecule has 210 valence electrons. The number of hydrogen-bond acceptors (Lipinski definition) is 6. The lowest BCUT2D eigenvalue weighted by molar-refractivity contribution is 0.0709.